The van der Waals surface area contributed by atoms with Gasteiger partial charge in [-0.3, -0.25) is 4.99 Å². The van der Waals surface area contributed by atoms with Gasteiger partial charge in [-0.05, 0) is 19.1 Å². The van der Waals surface area contributed by atoms with Crippen LogP contribution in [0, 0.1) is 6.92 Å². The van der Waals surface area contributed by atoms with E-state index in [2.05, 4.69) is 36.3 Å². The Bertz CT molecular complexity index is 646. The van der Waals surface area contributed by atoms with E-state index in [9.17, 15) is 0 Å². The number of piperazine rings is 1. The van der Waals surface area contributed by atoms with E-state index in [1.54, 1.807) is 7.05 Å². The molecule has 0 aromatic carbocycles. The minimum Gasteiger partial charge on any atom is -0.359 e. The number of pyridine rings is 1. The van der Waals surface area contributed by atoms with Crippen LogP contribution in [0.2, 0.25) is 0 Å². The highest BCUT2D eigenvalue weighted by atomic mass is 16.5. The second-order valence-electron chi connectivity index (χ2n) is 5.50. The van der Waals surface area contributed by atoms with Crippen LogP contribution in [0.25, 0.3) is 0 Å². The molecule has 1 N–H and O–H groups in total. The minimum atomic E-state index is 0.591. The van der Waals surface area contributed by atoms with Gasteiger partial charge in [0.15, 0.2) is 11.7 Å². The normalized spacial score (nSPS) is 15.8. The molecule has 0 radical (unpaired) electrons. The predicted molar refractivity (Wildman–Crippen MR) is 89.5 cm³/mol. The lowest BCUT2D eigenvalue weighted by Gasteiger charge is -2.37. The van der Waals surface area contributed by atoms with Crippen molar-refractivity contribution in [3.05, 3.63) is 41.9 Å². The first-order chi connectivity index (χ1) is 11.3. The van der Waals surface area contributed by atoms with Crippen LogP contribution in [0.4, 0.5) is 5.82 Å². The maximum absolute atomic E-state index is 5.22. The molecule has 2 aromatic heterocycles. The van der Waals surface area contributed by atoms with Crippen molar-refractivity contribution in [2.45, 2.75) is 13.5 Å². The molecule has 0 atom stereocenters. The minimum absolute atomic E-state index is 0.591. The Hall–Kier alpha value is -2.57. The lowest BCUT2D eigenvalue weighted by molar-refractivity contribution is 0.356. The molecule has 0 aliphatic carbocycles. The summed E-state index contributed by atoms with van der Waals surface area (Å²) in [6, 6.07) is 7.94. The van der Waals surface area contributed by atoms with E-state index >= 15 is 0 Å². The van der Waals surface area contributed by atoms with Gasteiger partial charge in [0.1, 0.15) is 5.82 Å². The molecule has 0 amide bonds. The van der Waals surface area contributed by atoms with E-state index in [1.807, 2.05) is 31.3 Å². The summed E-state index contributed by atoms with van der Waals surface area (Å²) >= 11 is 0. The van der Waals surface area contributed by atoms with Crippen molar-refractivity contribution in [2.75, 3.05) is 38.1 Å². The van der Waals surface area contributed by atoms with E-state index in [4.69, 9.17) is 4.52 Å². The Balaban J connectivity index is 1.53. The van der Waals surface area contributed by atoms with E-state index < -0.39 is 0 Å². The van der Waals surface area contributed by atoms with Crippen LogP contribution in [-0.2, 0) is 6.54 Å². The van der Waals surface area contributed by atoms with Crippen molar-refractivity contribution in [3.8, 4) is 0 Å². The third-order valence-corrected chi connectivity index (χ3v) is 3.86. The van der Waals surface area contributed by atoms with Gasteiger partial charge in [-0.2, -0.15) is 0 Å². The molecule has 7 nitrogen and oxygen atoms in total. The molecule has 23 heavy (non-hydrogen) atoms. The number of rotatable bonds is 3. The summed E-state index contributed by atoms with van der Waals surface area (Å²) in [5.74, 6) is 2.74. The second-order valence-corrected chi connectivity index (χ2v) is 5.50. The van der Waals surface area contributed by atoms with E-state index in [-0.39, 0.29) is 0 Å². The molecule has 0 saturated carbocycles. The Labute approximate surface area is 136 Å². The first-order valence-corrected chi connectivity index (χ1v) is 7.80. The first kappa shape index (κ1) is 15.3. The van der Waals surface area contributed by atoms with Crippen molar-refractivity contribution >= 4 is 11.8 Å². The standard InChI is InChI=1S/C16H22N6O/c1-13-11-14(23-20-13)12-19-16(17-2)22-9-7-21(8-10-22)15-5-3-4-6-18-15/h3-6,11H,7-10,12H2,1-2H3,(H,17,19). The van der Waals surface area contributed by atoms with Gasteiger partial charge < -0.3 is 19.6 Å². The Morgan fingerprint density at radius 2 is 2.13 bits per heavy atom. The summed E-state index contributed by atoms with van der Waals surface area (Å²) in [5, 5.41) is 7.23. The zero-order chi connectivity index (χ0) is 16.1. The van der Waals surface area contributed by atoms with Gasteiger partial charge in [-0.25, -0.2) is 4.98 Å². The summed E-state index contributed by atoms with van der Waals surface area (Å²) in [5.41, 5.74) is 0.890. The molecule has 3 rings (SSSR count). The van der Waals surface area contributed by atoms with Gasteiger partial charge in [0.2, 0.25) is 0 Å². The van der Waals surface area contributed by atoms with Crippen molar-refractivity contribution in [1.29, 1.82) is 0 Å². The number of guanidine groups is 1. The first-order valence-electron chi connectivity index (χ1n) is 7.80. The van der Waals surface area contributed by atoms with E-state index in [0.29, 0.717) is 6.54 Å². The highest BCUT2D eigenvalue weighted by Crippen LogP contribution is 2.12. The highest BCUT2D eigenvalue weighted by Gasteiger charge is 2.20. The molecule has 3 heterocycles. The van der Waals surface area contributed by atoms with Crippen LogP contribution >= 0.6 is 0 Å². The molecule has 1 fully saturated rings. The summed E-state index contributed by atoms with van der Waals surface area (Å²) < 4.78 is 5.22. The van der Waals surface area contributed by atoms with Gasteiger partial charge in [0.05, 0.1) is 12.2 Å². The zero-order valence-corrected chi connectivity index (χ0v) is 13.6. The van der Waals surface area contributed by atoms with Crippen LogP contribution in [-0.4, -0.2) is 54.2 Å². The van der Waals surface area contributed by atoms with Crippen LogP contribution in [0.15, 0.2) is 40.0 Å². The van der Waals surface area contributed by atoms with Gasteiger partial charge in [-0.1, -0.05) is 11.2 Å². The quantitative estimate of drug-likeness (QED) is 0.680. The summed E-state index contributed by atoms with van der Waals surface area (Å²) in [4.78, 5) is 13.3. The zero-order valence-electron chi connectivity index (χ0n) is 13.6. The van der Waals surface area contributed by atoms with Gasteiger partial charge >= 0.3 is 0 Å². The fraction of sp³-hybridized carbons (Fsp3) is 0.438. The highest BCUT2D eigenvalue weighted by molar-refractivity contribution is 5.80. The van der Waals surface area contributed by atoms with E-state index in [1.165, 1.54) is 0 Å². The maximum atomic E-state index is 5.22. The molecule has 0 bridgehead atoms. The largest absolute Gasteiger partial charge is 0.359 e. The molecule has 0 unspecified atom stereocenters. The van der Waals surface area contributed by atoms with Crippen molar-refractivity contribution in [3.63, 3.8) is 0 Å². The number of aliphatic imine (C=N–C) groups is 1. The fourth-order valence-electron chi connectivity index (χ4n) is 2.69. The molecule has 2 aromatic rings. The second kappa shape index (κ2) is 7.13. The lowest BCUT2D eigenvalue weighted by Crippen LogP contribution is -2.52. The van der Waals surface area contributed by atoms with E-state index in [0.717, 1.165) is 49.4 Å². The third-order valence-electron chi connectivity index (χ3n) is 3.86. The van der Waals surface area contributed by atoms with Crippen molar-refractivity contribution < 1.29 is 4.52 Å². The lowest BCUT2D eigenvalue weighted by atomic mass is 10.3. The maximum Gasteiger partial charge on any atom is 0.194 e. The number of nitrogens with zero attached hydrogens (tertiary/aromatic N) is 5. The van der Waals surface area contributed by atoms with Gasteiger partial charge in [-0.15, -0.1) is 0 Å². The number of aryl methyl sites for hydroxylation is 1. The number of hydrogen-bond donors (Lipinski definition) is 1. The van der Waals surface area contributed by atoms with Crippen LogP contribution < -0.4 is 10.2 Å². The molecule has 1 saturated heterocycles. The van der Waals surface area contributed by atoms with Crippen molar-refractivity contribution in [2.24, 2.45) is 4.99 Å². The number of hydrogen-bond acceptors (Lipinski definition) is 5. The summed E-state index contributed by atoms with van der Waals surface area (Å²) in [6.07, 6.45) is 1.83. The molecule has 1 aliphatic heterocycles. The molecule has 1 aliphatic rings. The predicted octanol–water partition coefficient (Wildman–Crippen LogP) is 1.28. The Morgan fingerprint density at radius 3 is 2.74 bits per heavy atom. The smallest absolute Gasteiger partial charge is 0.194 e. The monoisotopic (exact) mass is 314 g/mol. The third kappa shape index (κ3) is 3.80. The van der Waals surface area contributed by atoms with Crippen LogP contribution in [0.3, 0.4) is 0 Å². The number of nitrogens with one attached hydrogen (secondary N) is 1. The number of aromatic nitrogens is 2. The average Bonchev–Trinajstić information content (AvgIpc) is 3.02. The molecule has 122 valence electrons. The summed E-state index contributed by atoms with van der Waals surface area (Å²) in [7, 11) is 1.80. The van der Waals surface area contributed by atoms with Crippen molar-refractivity contribution in [1.82, 2.24) is 20.4 Å². The van der Waals surface area contributed by atoms with Gasteiger partial charge in [0, 0.05) is 45.5 Å². The summed E-state index contributed by atoms with van der Waals surface area (Å²) in [6.45, 7) is 6.18. The van der Waals surface area contributed by atoms with Crippen LogP contribution in [0.1, 0.15) is 11.5 Å². The SMILES string of the molecule is CN=C(NCc1cc(C)no1)N1CCN(c2ccccn2)CC1. The Kier molecular flexibility index (Phi) is 4.75. The molecule has 0 spiro atoms. The molecule has 7 heteroatoms. The fourth-order valence-corrected chi connectivity index (χ4v) is 2.69. The van der Waals surface area contributed by atoms with Crippen LogP contribution in [0.5, 0.6) is 0 Å². The Morgan fingerprint density at radius 1 is 1.30 bits per heavy atom. The molecular weight excluding hydrogens is 292 g/mol. The van der Waals surface area contributed by atoms with Gasteiger partial charge in [0.25, 0.3) is 0 Å². The topological polar surface area (TPSA) is 69.8 Å². The molecular formula is C16H22N6O. The number of anilines is 1. The average molecular weight is 314 g/mol.